The molecular weight excluding hydrogens is 262 g/mol. The summed E-state index contributed by atoms with van der Waals surface area (Å²) in [6, 6.07) is -0.932. The number of carbonyl (C=O) groups is 2. The second-order valence-electron chi connectivity index (χ2n) is 5.04. The van der Waals surface area contributed by atoms with Gasteiger partial charge in [-0.3, -0.25) is 4.79 Å². The van der Waals surface area contributed by atoms with Crippen LogP contribution in [0.5, 0.6) is 0 Å². The van der Waals surface area contributed by atoms with Crippen LogP contribution in [0.2, 0.25) is 0 Å². The number of nitrogens with one attached hydrogen (secondary N) is 2. The van der Waals surface area contributed by atoms with Crippen LogP contribution in [0.1, 0.15) is 30.8 Å². The zero-order valence-electron chi connectivity index (χ0n) is 12.0. The van der Waals surface area contributed by atoms with Gasteiger partial charge in [0.1, 0.15) is 6.04 Å². The molecule has 1 atom stereocenters. The van der Waals surface area contributed by atoms with Crippen LogP contribution in [0.4, 0.5) is 0 Å². The average Bonchev–Trinajstić information content (AvgIpc) is 2.29. The molecule has 1 aromatic rings. The topological polar surface area (TPSA) is 112 Å². The molecule has 1 rings (SSSR count). The molecule has 0 bridgehead atoms. The molecule has 110 valence electrons. The summed E-state index contributed by atoms with van der Waals surface area (Å²) in [7, 11) is 0. The predicted molar refractivity (Wildman–Crippen MR) is 72.4 cm³/mol. The first-order chi connectivity index (χ1) is 9.22. The third kappa shape index (κ3) is 3.91. The monoisotopic (exact) mass is 281 g/mol. The SMILES string of the molecule is Cc1nc(=O)[nH]c(C)c1CC(=O)NC(C(=O)O)C(C)C. The Bertz CT molecular complexity index is 551. The lowest BCUT2D eigenvalue weighted by molar-refractivity contribution is -0.143. The molecule has 0 saturated carbocycles. The van der Waals surface area contributed by atoms with Crippen LogP contribution >= 0.6 is 0 Å². The fraction of sp³-hybridized carbons (Fsp3) is 0.538. The van der Waals surface area contributed by atoms with Crippen molar-refractivity contribution >= 4 is 11.9 Å². The van der Waals surface area contributed by atoms with E-state index in [1.807, 2.05) is 0 Å². The lowest BCUT2D eigenvalue weighted by atomic mass is 10.0. The van der Waals surface area contributed by atoms with E-state index in [1.165, 1.54) is 0 Å². The number of carbonyl (C=O) groups excluding carboxylic acids is 1. The van der Waals surface area contributed by atoms with Crippen molar-refractivity contribution in [2.75, 3.05) is 0 Å². The number of amides is 1. The van der Waals surface area contributed by atoms with Crippen LogP contribution in [-0.2, 0) is 16.0 Å². The first-order valence-electron chi connectivity index (χ1n) is 6.31. The van der Waals surface area contributed by atoms with Crippen LogP contribution < -0.4 is 11.0 Å². The first-order valence-corrected chi connectivity index (χ1v) is 6.31. The highest BCUT2D eigenvalue weighted by atomic mass is 16.4. The number of H-pyrrole nitrogens is 1. The number of carboxylic acids is 1. The van der Waals surface area contributed by atoms with Gasteiger partial charge in [0.25, 0.3) is 0 Å². The fourth-order valence-electron chi connectivity index (χ4n) is 1.91. The van der Waals surface area contributed by atoms with Gasteiger partial charge in [0.05, 0.1) is 6.42 Å². The Labute approximate surface area is 116 Å². The van der Waals surface area contributed by atoms with E-state index in [4.69, 9.17) is 5.11 Å². The number of aliphatic carboxylic acids is 1. The molecule has 1 unspecified atom stereocenters. The van der Waals surface area contributed by atoms with E-state index in [-0.39, 0.29) is 12.3 Å². The van der Waals surface area contributed by atoms with Gasteiger partial charge >= 0.3 is 11.7 Å². The molecule has 1 aromatic heterocycles. The van der Waals surface area contributed by atoms with E-state index < -0.39 is 23.6 Å². The lowest BCUT2D eigenvalue weighted by Crippen LogP contribution is -2.45. The number of hydrogen-bond donors (Lipinski definition) is 3. The molecule has 1 heterocycles. The number of nitrogens with zero attached hydrogens (tertiary/aromatic N) is 1. The van der Waals surface area contributed by atoms with Crippen LogP contribution in [0.25, 0.3) is 0 Å². The van der Waals surface area contributed by atoms with E-state index >= 15 is 0 Å². The molecule has 0 aliphatic heterocycles. The quantitative estimate of drug-likeness (QED) is 0.711. The van der Waals surface area contributed by atoms with Gasteiger partial charge in [0.15, 0.2) is 0 Å². The van der Waals surface area contributed by atoms with Crippen molar-refractivity contribution in [3.63, 3.8) is 0 Å². The van der Waals surface area contributed by atoms with Gasteiger partial charge in [-0.05, 0) is 19.8 Å². The molecule has 7 heteroatoms. The van der Waals surface area contributed by atoms with Crippen molar-refractivity contribution < 1.29 is 14.7 Å². The van der Waals surface area contributed by atoms with E-state index in [9.17, 15) is 14.4 Å². The minimum absolute atomic E-state index is 0.0159. The van der Waals surface area contributed by atoms with Gasteiger partial charge in [-0.15, -0.1) is 0 Å². The largest absolute Gasteiger partial charge is 0.480 e. The van der Waals surface area contributed by atoms with Gasteiger partial charge < -0.3 is 15.4 Å². The fourth-order valence-corrected chi connectivity index (χ4v) is 1.91. The second-order valence-corrected chi connectivity index (χ2v) is 5.04. The zero-order valence-corrected chi connectivity index (χ0v) is 12.0. The van der Waals surface area contributed by atoms with Crippen LogP contribution in [-0.4, -0.2) is 33.0 Å². The summed E-state index contributed by atoms with van der Waals surface area (Å²) in [4.78, 5) is 40.4. The molecule has 0 saturated heterocycles. The lowest BCUT2D eigenvalue weighted by Gasteiger charge is -2.18. The van der Waals surface area contributed by atoms with Crippen LogP contribution in [0.15, 0.2) is 4.79 Å². The normalized spacial score (nSPS) is 12.2. The molecule has 0 spiro atoms. The molecule has 1 amide bonds. The molecule has 3 N–H and O–H groups in total. The number of aryl methyl sites for hydroxylation is 2. The predicted octanol–water partition coefficient (Wildman–Crippen LogP) is 0.155. The Balaban J connectivity index is 2.87. The summed E-state index contributed by atoms with van der Waals surface area (Å²) >= 11 is 0. The molecule has 0 aromatic carbocycles. The summed E-state index contributed by atoms with van der Waals surface area (Å²) in [6.45, 7) is 6.76. The maximum atomic E-state index is 11.9. The highest BCUT2D eigenvalue weighted by Crippen LogP contribution is 2.08. The van der Waals surface area contributed by atoms with Gasteiger partial charge in [0, 0.05) is 17.0 Å². The van der Waals surface area contributed by atoms with Crippen molar-refractivity contribution in [2.24, 2.45) is 5.92 Å². The van der Waals surface area contributed by atoms with E-state index in [2.05, 4.69) is 15.3 Å². The average molecular weight is 281 g/mol. The molecule has 20 heavy (non-hydrogen) atoms. The minimum atomic E-state index is -1.07. The number of rotatable bonds is 5. The molecule has 0 aliphatic rings. The summed E-state index contributed by atoms with van der Waals surface area (Å²) in [6.07, 6.45) is -0.0159. The van der Waals surface area contributed by atoms with Gasteiger partial charge in [-0.25, -0.2) is 9.59 Å². The Morgan fingerprint density at radius 1 is 1.35 bits per heavy atom. The summed E-state index contributed by atoms with van der Waals surface area (Å²) < 4.78 is 0. The maximum Gasteiger partial charge on any atom is 0.345 e. The van der Waals surface area contributed by atoms with Gasteiger partial charge in [-0.1, -0.05) is 13.8 Å². The smallest absolute Gasteiger partial charge is 0.345 e. The van der Waals surface area contributed by atoms with Gasteiger partial charge in [0.2, 0.25) is 5.91 Å². The Kier molecular flexibility index (Phi) is 5.01. The molecular formula is C13H19N3O4. The minimum Gasteiger partial charge on any atom is -0.480 e. The standard InChI is InChI=1S/C13H19N3O4/c1-6(2)11(12(18)19)16-10(17)5-9-7(3)14-13(20)15-8(9)4/h6,11H,5H2,1-4H3,(H,16,17)(H,18,19)(H,14,15,20). The highest BCUT2D eigenvalue weighted by molar-refractivity contribution is 5.85. The van der Waals surface area contributed by atoms with Gasteiger partial charge in [-0.2, -0.15) is 4.98 Å². The second kappa shape index (κ2) is 6.31. The van der Waals surface area contributed by atoms with Crippen LogP contribution in [0.3, 0.4) is 0 Å². The zero-order chi connectivity index (χ0) is 15.4. The van der Waals surface area contributed by atoms with E-state index in [1.54, 1.807) is 27.7 Å². The Morgan fingerprint density at radius 3 is 2.40 bits per heavy atom. The van der Waals surface area contributed by atoms with Crippen molar-refractivity contribution in [1.82, 2.24) is 15.3 Å². The Morgan fingerprint density at radius 2 is 1.95 bits per heavy atom. The van der Waals surface area contributed by atoms with E-state index in [0.29, 0.717) is 17.0 Å². The third-order valence-corrected chi connectivity index (χ3v) is 3.04. The van der Waals surface area contributed by atoms with Crippen molar-refractivity contribution in [3.8, 4) is 0 Å². The summed E-state index contributed by atoms with van der Waals surface area (Å²) in [5.74, 6) is -1.69. The maximum absolute atomic E-state index is 11.9. The number of hydrogen-bond acceptors (Lipinski definition) is 4. The molecule has 0 aliphatic carbocycles. The summed E-state index contributed by atoms with van der Waals surface area (Å²) in [5, 5.41) is 11.5. The first kappa shape index (κ1) is 15.9. The number of carboxylic acid groups (broad SMARTS) is 1. The molecule has 7 nitrogen and oxygen atoms in total. The highest BCUT2D eigenvalue weighted by Gasteiger charge is 2.24. The van der Waals surface area contributed by atoms with Crippen molar-refractivity contribution in [3.05, 3.63) is 27.4 Å². The van der Waals surface area contributed by atoms with Crippen LogP contribution in [0, 0.1) is 19.8 Å². The Hall–Kier alpha value is -2.18. The number of aromatic nitrogens is 2. The molecule has 0 fully saturated rings. The van der Waals surface area contributed by atoms with E-state index in [0.717, 1.165) is 0 Å². The summed E-state index contributed by atoms with van der Waals surface area (Å²) in [5.41, 5.74) is 1.18. The van der Waals surface area contributed by atoms with Crippen molar-refractivity contribution in [1.29, 1.82) is 0 Å². The van der Waals surface area contributed by atoms with Crippen molar-refractivity contribution in [2.45, 2.75) is 40.2 Å². The number of aromatic amines is 1. The molecule has 0 radical (unpaired) electrons. The third-order valence-electron chi connectivity index (χ3n) is 3.04.